The molecule has 2 aromatic rings. The molecule has 0 spiro atoms. The zero-order valence-electron chi connectivity index (χ0n) is 11.4. The second-order valence-corrected chi connectivity index (χ2v) is 5.49. The van der Waals surface area contributed by atoms with E-state index in [9.17, 15) is 9.59 Å². The number of carbonyl (C=O) groups is 2. The highest BCUT2D eigenvalue weighted by Gasteiger charge is 2.19. The van der Waals surface area contributed by atoms with Gasteiger partial charge in [-0.25, -0.2) is 0 Å². The molecular weight excluding hydrogens is 288 g/mol. The number of terminal acetylenes is 1. The van der Waals surface area contributed by atoms with E-state index in [1.165, 1.54) is 11.3 Å². The van der Waals surface area contributed by atoms with Crippen LogP contribution in [-0.4, -0.2) is 17.9 Å². The molecule has 3 N–H and O–H groups in total. The molecule has 0 aliphatic heterocycles. The Kier molecular flexibility index (Phi) is 4.45. The first-order valence-electron chi connectivity index (χ1n) is 6.21. The summed E-state index contributed by atoms with van der Waals surface area (Å²) in [7, 11) is 0. The molecule has 0 aromatic carbocycles. The first-order valence-corrected chi connectivity index (χ1v) is 7.03. The molecule has 0 aliphatic carbocycles. The minimum Gasteiger partial charge on any atom is -0.461 e. The Morgan fingerprint density at radius 2 is 2.19 bits per heavy atom. The highest BCUT2D eigenvalue weighted by molar-refractivity contribution is 7.17. The van der Waals surface area contributed by atoms with Gasteiger partial charge in [0.15, 0.2) is 0 Å². The Morgan fingerprint density at radius 1 is 1.43 bits per heavy atom. The fourth-order valence-electron chi connectivity index (χ4n) is 1.73. The molecule has 1 atom stereocenters. The smallest absolute Gasteiger partial charge is 0.262 e. The van der Waals surface area contributed by atoms with Crippen LogP contribution in [-0.2, 0) is 4.79 Å². The van der Waals surface area contributed by atoms with Gasteiger partial charge in [0.2, 0.25) is 5.91 Å². The summed E-state index contributed by atoms with van der Waals surface area (Å²) in [4.78, 5) is 24.6. The van der Waals surface area contributed by atoms with Crippen LogP contribution in [0.15, 0.2) is 28.7 Å². The number of nitrogens with two attached hydrogens (primary N) is 1. The number of hydrogen-bond donors (Lipinski definition) is 2. The molecule has 6 heteroatoms. The Labute approximate surface area is 126 Å². The largest absolute Gasteiger partial charge is 0.461 e. The fraction of sp³-hybridized carbons (Fsp3) is 0.200. The van der Waals surface area contributed by atoms with Crippen LogP contribution in [0, 0.1) is 19.3 Å². The van der Waals surface area contributed by atoms with Crippen LogP contribution in [0.25, 0.3) is 10.6 Å². The molecule has 108 valence electrons. The van der Waals surface area contributed by atoms with Crippen LogP contribution in [0.4, 0.5) is 0 Å². The molecular formula is C15H14N2O3S. The van der Waals surface area contributed by atoms with Gasteiger partial charge >= 0.3 is 0 Å². The molecule has 5 nitrogen and oxygen atoms in total. The number of primary amides is 1. The predicted molar refractivity (Wildman–Crippen MR) is 80.7 cm³/mol. The summed E-state index contributed by atoms with van der Waals surface area (Å²) in [5.41, 5.74) is 5.19. The van der Waals surface area contributed by atoms with Gasteiger partial charge in [0.25, 0.3) is 5.91 Å². The Hall–Kier alpha value is -2.52. The minimum absolute atomic E-state index is 0.0662. The number of aryl methyl sites for hydroxylation is 1. The van der Waals surface area contributed by atoms with Gasteiger partial charge in [-0.15, -0.1) is 23.7 Å². The topological polar surface area (TPSA) is 85.3 Å². The van der Waals surface area contributed by atoms with Crippen molar-refractivity contribution in [3.63, 3.8) is 0 Å². The number of rotatable bonds is 5. The summed E-state index contributed by atoms with van der Waals surface area (Å²) in [6.45, 7) is 1.85. The first kappa shape index (κ1) is 14.9. The Balaban J connectivity index is 2.12. The maximum atomic E-state index is 12.1. The maximum absolute atomic E-state index is 12.1. The van der Waals surface area contributed by atoms with E-state index in [0.717, 1.165) is 10.6 Å². The van der Waals surface area contributed by atoms with Crippen molar-refractivity contribution in [1.29, 1.82) is 0 Å². The number of carbonyl (C=O) groups excluding carboxylic acids is 2. The number of nitrogens with one attached hydrogen (secondary N) is 1. The predicted octanol–water partition coefficient (Wildman–Crippen LogP) is 1.92. The standard InChI is InChI=1S/C15H14N2O3S/c1-3-4-10(14(16)18)17-15(19)13-8-7-12(21-13)11-6-5-9(2)20-11/h1,5-8,10H,4H2,2H3,(H2,16,18)(H,17,19)/t10-/m1/s1. The molecule has 0 bridgehead atoms. The third-order valence-corrected chi connectivity index (χ3v) is 3.88. The van der Waals surface area contributed by atoms with E-state index in [0.29, 0.717) is 10.6 Å². The van der Waals surface area contributed by atoms with E-state index >= 15 is 0 Å². The Morgan fingerprint density at radius 3 is 2.76 bits per heavy atom. The van der Waals surface area contributed by atoms with Crippen LogP contribution in [0.2, 0.25) is 0 Å². The monoisotopic (exact) mass is 302 g/mol. The highest BCUT2D eigenvalue weighted by Crippen LogP contribution is 2.29. The van der Waals surface area contributed by atoms with Gasteiger partial charge in [-0.05, 0) is 31.2 Å². The van der Waals surface area contributed by atoms with Crippen molar-refractivity contribution in [2.45, 2.75) is 19.4 Å². The summed E-state index contributed by atoms with van der Waals surface area (Å²) in [6, 6.07) is 6.29. The maximum Gasteiger partial charge on any atom is 0.262 e. The van der Waals surface area contributed by atoms with Gasteiger partial charge < -0.3 is 15.5 Å². The van der Waals surface area contributed by atoms with Crippen LogP contribution >= 0.6 is 11.3 Å². The summed E-state index contributed by atoms with van der Waals surface area (Å²) >= 11 is 1.27. The molecule has 0 radical (unpaired) electrons. The molecule has 0 saturated heterocycles. The van der Waals surface area contributed by atoms with Gasteiger partial charge in [-0.3, -0.25) is 9.59 Å². The molecule has 0 fully saturated rings. The van der Waals surface area contributed by atoms with Crippen molar-refractivity contribution in [2.24, 2.45) is 5.73 Å². The summed E-state index contributed by atoms with van der Waals surface area (Å²) in [5.74, 6) is 2.78. The Bertz CT molecular complexity index is 709. The van der Waals surface area contributed by atoms with Crippen LogP contribution < -0.4 is 11.1 Å². The van der Waals surface area contributed by atoms with E-state index in [1.807, 2.05) is 19.1 Å². The lowest BCUT2D eigenvalue weighted by Gasteiger charge is -2.11. The quantitative estimate of drug-likeness (QED) is 0.827. The van der Waals surface area contributed by atoms with Crippen LogP contribution in [0.1, 0.15) is 21.9 Å². The fourth-order valence-corrected chi connectivity index (χ4v) is 2.60. The lowest BCUT2D eigenvalue weighted by molar-refractivity contribution is -0.119. The lowest BCUT2D eigenvalue weighted by atomic mass is 10.2. The number of amides is 2. The number of furan rings is 1. The van der Waals surface area contributed by atoms with E-state index in [2.05, 4.69) is 11.2 Å². The van der Waals surface area contributed by atoms with Gasteiger partial charge in [0.1, 0.15) is 17.6 Å². The lowest BCUT2D eigenvalue weighted by Crippen LogP contribution is -2.43. The van der Waals surface area contributed by atoms with Gasteiger partial charge in [0.05, 0.1) is 9.75 Å². The van der Waals surface area contributed by atoms with E-state index in [4.69, 9.17) is 16.6 Å². The average molecular weight is 302 g/mol. The molecule has 0 saturated carbocycles. The van der Waals surface area contributed by atoms with E-state index in [-0.39, 0.29) is 12.3 Å². The molecule has 2 rings (SSSR count). The van der Waals surface area contributed by atoms with Crippen molar-refractivity contribution >= 4 is 23.2 Å². The first-order chi connectivity index (χ1) is 10.0. The van der Waals surface area contributed by atoms with Crippen LogP contribution in [0.3, 0.4) is 0 Å². The zero-order valence-corrected chi connectivity index (χ0v) is 12.2. The summed E-state index contributed by atoms with van der Waals surface area (Å²) in [6.07, 6.45) is 5.21. The minimum atomic E-state index is -0.862. The third kappa shape index (κ3) is 3.52. The second-order valence-electron chi connectivity index (χ2n) is 4.41. The summed E-state index contributed by atoms with van der Waals surface area (Å²) in [5, 5.41) is 2.53. The van der Waals surface area contributed by atoms with Gasteiger partial charge in [-0.1, -0.05) is 0 Å². The number of thiophene rings is 1. The van der Waals surface area contributed by atoms with Crippen molar-refractivity contribution in [3.05, 3.63) is 34.9 Å². The molecule has 0 aliphatic rings. The number of hydrogen-bond acceptors (Lipinski definition) is 4. The van der Waals surface area contributed by atoms with Crippen molar-refractivity contribution < 1.29 is 14.0 Å². The van der Waals surface area contributed by atoms with Gasteiger partial charge in [0, 0.05) is 6.42 Å². The van der Waals surface area contributed by atoms with Gasteiger partial charge in [-0.2, -0.15) is 0 Å². The average Bonchev–Trinajstić information content (AvgIpc) is 3.06. The summed E-state index contributed by atoms with van der Waals surface area (Å²) < 4.78 is 5.50. The second kappa shape index (κ2) is 6.29. The van der Waals surface area contributed by atoms with Crippen molar-refractivity contribution in [1.82, 2.24) is 5.32 Å². The SMILES string of the molecule is C#CC[C@@H](NC(=O)c1ccc(-c2ccc(C)o2)s1)C(N)=O. The van der Waals surface area contributed by atoms with E-state index < -0.39 is 11.9 Å². The molecule has 21 heavy (non-hydrogen) atoms. The third-order valence-electron chi connectivity index (χ3n) is 2.78. The highest BCUT2D eigenvalue weighted by atomic mass is 32.1. The van der Waals surface area contributed by atoms with Crippen molar-refractivity contribution in [2.75, 3.05) is 0 Å². The zero-order chi connectivity index (χ0) is 15.4. The molecule has 0 unspecified atom stereocenters. The normalized spacial score (nSPS) is 11.6. The van der Waals surface area contributed by atoms with E-state index in [1.54, 1.807) is 12.1 Å². The van der Waals surface area contributed by atoms with Crippen molar-refractivity contribution in [3.8, 4) is 23.0 Å². The molecule has 2 heterocycles. The molecule has 2 aromatic heterocycles. The van der Waals surface area contributed by atoms with Crippen LogP contribution in [0.5, 0.6) is 0 Å². The molecule has 2 amide bonds.